The first-order valence-corrected chi connectivity index (χ1v) is 12.9. The fraction of sp³-hybridized carbons (Fsp3) is 0.500. The number of nitrogens with zero attached hydrogens (tertiary/aromatic N) is 3. The van der Waals surface area contributed by atoms with E-state index in [1.54, 1.807) is 12.4 Å². The maximum atomic E-state index is 13.1. The lowest BCUT2D eigenvalue weighted by Gasteiger charge is -2.49. The summed E-state index contributed by atoms with van der Waals surface area (Å²) in [5, 5.41) is 21.1. The topological polar surface area (TPSA) is 104 Å². The van der Waals surface area contributed by atoms with Gasteiger partial charge in [0.15, 0.2) is 5.69 Å². The average molecular weight is 472 g/mol. The smallest absolute Gasteiger partial charge is 0.272 e. The van der Waals surface area contributed by atoms with Crippen molar-refractivity contribution in [3.8, 4) is 5.75 Å². The molecule has 2 aromatic heterocycles. The van der Waals surface area contributed by atoms with Crippen LogP contribution in [0, 0.1) is 18.8 Å². The molecule has 0 spiro atoms. The number of benzene rings is 1. The summed E-state index contributed by atoms with van der Waals surface area (Å²) in [4.78, 5) is 21.7. The molecule has 6 rings (SSSR count). The SMILES string of the molecule is CCc1cc2c(cc1O)CCC1C2CCC2(C)c3[nH]nc(C(=O)NCc4cnc(C)cn4)c3CC12. The number of aromatic amines is 1. The molecule has 0 radical (unpaired) electrons. The van der Waals surface area contributed by atoms with Crippen LogP contribution in [0.3, 0.4) is 0 Å². The minimum atomic E-state index is -0.152. The highest BCUT2D eigenvalue weighted by Crippen LogP contribution is 2.60. The molecule has 3 N–H and O–H groups in total. The van der Waals surface area contributed by atoms with Gasteiger partial charge in [-0.3, -0.25) is 19.9 Å². The van der Waals surface area contributed by atoms with E-state index in [0.717, 1.165) is 66.7 Å². The number of hydrogen-bond donors (Lipinski definition) is 3. The number of phenolic OH excluding ortho intramolecular Hbond substituents is 1. The number of amides is 1. The van der Waals surface area contributed by atoms with Crippen molar-refractivity contribution in [1.82, 2.24) is 25.5 Å². The van der Waals surface area contributed by atoms with E-state index in [1.165, 1.54) is 11.1 Å². The Morgan fingerprint density at radius 2 is 2.11 bits per heavy atom. The standard InChI is InChI=1S/C28H33N5O2/c1-4-16-9-21-17(10-24(16)34)5-6-20-19(21)7-8-28(3)23(20)11-22-25(32-33-26(22)28)27(35)31-14-18-13-29-15(2)12-30-18/h9-10,12-13,19-20,23,34H,4-8,11,14H2,1-3H3,(H,31,35)(H,32,33). The summed E-state index contributed by atoms with van der Waals surface area (Å²) in [6, 6.07) is 4.28. The Balaban J connectivity index is 1.25. The van der Waals surface area contributed by atoms with Gasteiger partial charge in [-0.1, -0.05) is 19.9 Å². The molecule has 1 aromatic carbocycles. The predicted molar refractivity (Wildman–Crippen MR) is 132 cm³/mol. The quantitative estimate of drug-likeness (QED) is 0.527. The van der Waals surface area contributed by atoms with Crippen LogP contribution in [-0.2, 0) is 31.2 Å². The second-order valence-corrected chi connectivity index (χ2v) is 10.9. The van der Waals surface area contributed by atoms with Gasteiger partial charge in [0.1, 0.15) is 5.75 Å². The van der Waals surface area contributed by atoms with Crippen LogP contribution in [0.5, 0.6) is 5.75 Å². The van der Waals surface area contributed by atoms with E-state index >= 15 is 0 Å². The minimum absolute atomic E-state index is 0.0203. The zero-order valence-corrected chi connectivity index (χ0v) is 20.7. The zero-order chi connectivity index (χ0) is 24.3. The molecule has 7 nitrogen and oxygen atoms in total. The van der Waals surface area contributed by atoms with Crippen LogP contribution in [0.2, 0.25) is 0 Å². The molecule has 182 valence electrons. The van der Waals surface area contributed by atoms with E-state index in [2.05, 4.69) is 45.4 Å². The first-order chi connectivity index (χ1) is 16.9. The number of nitrogens with one attached hydrogen (secondary N) is 2. The average Bonchev–Trinajstić information content (AvgIpc) is 3.41. The Morgan fingerprint density at radius 3 is 2.89 bits per heavy atom. The van der Waals surface area contributed by atoms with E-state index in [4.69, 9.17) is 0 Å². The van der Waals surface area contributed by atoms with Gasteiger partial charge in [0.25, 0.3) is 5.91 Å². The molecule has 0 bridgehead atoms. The van der Waals surface area contributed by atoms with E-state index in [1.807, 2.05) is 13.0 Å². The van der Waals surface area contributed by atoms with Crippen molar-refractivity contribution in [2.24, 2.45) is 11.8 Å². The fourth-order valence-corrected chi connectivity index (χ4v) is 7.15. The second-order valence-electron chi connectivity index (χ2n) is 10.9. The lowest BCUT2D eigenvalue weighted by atomic mass is 9.55. The molecule has 35 heavy (non-hydrogen) atoms. The highest BCUT2D eigenvalue weighted by atomic mass is 16.3. The lowest BCUT2D eigenvalue weighted by Crippen LogP contribution is -2.43. The number of phenols is 1. The summed E-state index contributed by atoms with van der Waals surface area (Å²) in [5.74, 6) is 1.89. The van der Waals surface area contributed by atoms with E-state index < -0.39 is 0 Å². The third-order valence-corrected chi connectivity index (χ3v) is 9.04. The van der Waals surface area contributed by atoms with Crippen LogP contribution in [-0.4, -0.2) is 31.2 Å². The van der Waals surface area contributed by atoms with Crippen LogP contribution in [0.25, 0.3) is 0 Å². The number of rotatable bonds is 4. The van der Waals surface area contributed by atoms with Crippen molar-refractivity contribution in [2.75, 3.05) is 0 Å². The number of hydrogen-bond acceptors (Lipinski definition) is 5. The Bertz CT molecular complexity index is 1300. The molecule has 4 unspecified atom stereocenters. The Kier molecular flexibility index (Phi) is 5.20. The Morgan fingerprint density at radius 1 is 1.26 bits per heavy atom. The number of fused-ring (bicyclic) bond motifs is 7. The van der Waals surface area contributed by atoms with Gasteiger partial charge in [-0.2, -0.15) is 5.10 Å². The van der Waals surface area contributed by atoms with Gasteiger partial charge in [-0.05, 0) is 86.0 Å². The molecule has 3 aliphatic carbocycles. The van der Waals surface area contributed by atoms with Crippen LogP contribution < -0.4 is 5.32 Å². The third kappa shape index (κ3) is 3.46. The van der Waals surface area contributed by atoms with Crippen LogP contribution in [0.4, 0.5) is 0 Å². The number of aryl methyl sites for hydroxylation is 3. The van der Waals surface area contributed by atoms with Gasteiger partial charge in [0.05, 0.1) is 24.1 Å². The Hall–Kier alpha value is -3.22. The second kappa shape index (κ2) is 8.18. The largest absolute Gasteiger partial charge is 0.508 e. The van der Waals surface area contributed by atoms with Gasteiger partial charge in [-0.25, -0.2) is 0 Å². The minimum Gasteiger partial charge on any atom is -0.508 e. The van der Waals surface area contributed by atoms with Gasteiger partial charge < -0.3 is 10.4 Å². The third-order valence-electron chi connectivity index (χ3n) is 9.04. The van der Waals surface area contributed by atoms with E-state index in [-0.39, 0.29) is 11.3 Å². The summed E-state index contributed by atoms with van der Waals surface area (Å²) >= 11 is 0. The molecule has 2 heterocycles. The summed E-state index contributed by atoms with van der Waals surface area (Å²) in [5.41, 5.74) is 8.21. The van der Waals surface area contributed by atoms with Gasteiger partial charge in [-0.15, -0.1) is 0 Å². The number of carbonyl (C=O) groups excluding carboxylic acids is 1. The van der Waals surface area contributed by atoms with Crippen molar-refractivity contribution in [1.29, 1.82) is 0 Å². The zero-order valence-electron chi connectivity index (χ0n) is 20.7. The molecule has 3 aromatic rings. The highest BCUT2D eigenvalue weighted by molar-refractivity contribution is 5.94. The van der Waals surface area contributed by atoms with E-state index in [9.17, 15) is 9.90 Å². The van der Waals surface area contributed by atoms with Gasteiger partial charge >= 0.3 is 0 Å². The first-order valence-electron chi connectivity index (χ1n) is 12.9. The summed E-state index contributed by atoms with van der Waals surface area (Å²) in [7, 11) is 0. The molecule has 0 aliphatic heterocycles. The van der Waals surface area contributed by atoms with Crippen molar-refractivity contribution in [3.05, 3.63) is 69.6 Å². The van der Waals surface area contributed by atoms with Crippen molar-refractivity contribution < 1.29 is 9.90 Å². The molecule has 1 saturated carbocycles. The summed E-state index contributed by atoms with van der Waals surface area (Å²) in [6.07, 6.45) is 9.51. The van der Waals surface area contributed by atoms with Crippen LogP contribution in [0.15, 0.2) is 24.5 Å². The van der Waals surface area contributed by atoms with Crippen LogP contribution in [0.1, 0.15) is 88.9 Å². The lowest BCUT2D eigenvalue weighted by molar-refractivity contribution is 0.0937. The number of carbonyl (C=O) groups is 1. The number of aromatic nitrogens is 4. The molecule has 4 atom stereocenters. The maximum absolute atomic E-state index is 13.1. The van der Waals surface area contributed by atoms with Gasteiger partial charge in [0, 0.05) is 22.9 Å². The maximum Gasteiger partial charge on any atom is 0.272 e. The summed E-state index contributed by atoms with van der Waals surface area (Å²) < 4.78 is 0. The molecule has 7 heteroatoms. The molecule has 1 amide bonds. The molecular weight excluding hydrogens is 438 g/mol. The summed E-state index contributed by atoms with van der Waals surface area (Å²) in [6.45, 7) is 6.70. The van der Waals surface area contributed by atoms with Gasteiger partial charge in [0.2, 0.25) is 0 Å². The van der Waals surface area contributed by atoms with E-state index in [0.29, 0.717) is 35.7 Å². The molecule has 3 aliphatic rings. The number of aromatic hydroxyl groups is 1. The van der Waals surface area contributed by atoms with Crippen molar-refractivity contribution >= 4 is 5.91 Å². The number of H-pyrrole nitrogens is 1. The normalized spacial score (nSPS) is 26.4. The van der Waals surface area contributed by atoms with Crippen LogP contribution >= 0.6 is 0 Å². The monoisotopic (exact) mass is 471 g/mol. The first kappa shape index (κ1) is 22.3. The predicted octanol–water partition coefficient (Wildman–Crippen LogP) is 4.28. The van der Waals surface area contributed by atoms with Crippen molar-refractivity contribution in [2.45, 2.75) is 77.2 Å². The Labute approximate surface area is 205 Å². The molecular formula is C28H33N5O2. The highest BCUT2D eigenvalue weighted by Gasteiger charge is 2.55. The van der Waals surface area contributed by atoms with Crippen molar-refractivity contribution in [3.63, 3.8) is 0 Å². The molecule has 1 fully saturated rings. The molecule has 0 saturated heterocycles. The fourth-order valence-electron chi connectivity index (χ4n) is 7.15.